The molecule has 0 aliphatic carbocycles. The molecular weight excluding hydrogens is 348 g/mol. The van der Waals surface area contributed by atoms with Gasteiger partial charge in [0.1, 0.15) is 0 Å². The highest BCUT2D eigenvalue weighted by Crippen LogP contribution is 2.09. The molecule has 1 N–H and O–H groups in total. The number of benzene rings is 2. The van der Waals surface area contributed by atoms with Crippen LogP contribution in [0.25, 0.3) is 0 Å². The lowest BCUT2D eigenvalue weighted by molar-refractivity contribution is 0.237. The smallest absolute Gasteiger partial charge is 0.264 e. The van der Waals surface area contributed by atoms with Crippen molar-refractivity contribution < 1.29 is 17.7 Å². The summed E-state index contributed by atoms with van der Waals surface area (Å²) in [5, 5.41) is 8.80. The quantitative estimate of drug-likeness (QED) is 0.712. The third kappa shape index (κ3) is 11.0. The van der Waals surface area contributed by atoms with E-state index in [0.717, 1.165) is 19.1 Å². The number of hydrogen-bond donors (Lipinski definition) is 1. The summed E-state index contributed by atoms with van der Waals surface area (Å²) < 4.78 is 26.3. The fourth-order valence-corrected chi connectivity index (χ4v) is 2.88. The Morgan fingerprint density at radius 2 is 1.27 bits per heavy atom. The lowest BCUT2D eigenvalue weighted by atomic mass is 10.0. The Morgan fingerprint density at radius 1 is 0.846 bits per heavy atom. The van der Waals surface area contributed by atoms with Crippen LogP contribution in [0.4, 0.5) is 0 Å². The Bertz CT molecular complexity index is 699. The minimum atomic E-state index is -3.31. The summed E-state index contributed by atoms with van der Waals surface area (Å²) in [7, 11) is -3.31. The average molecular weight is 379 g/mol. The standard InChI is InChI=1S/C11H16O3S.C10H14O/c1-10(9-14-15(2,12)13)8-11-6-4-3-5-7-11;1-9(8-11)7-10-5-3-2-4-6-10/h3-7,10H,8-9H2,1-2H3;2-6,9,11H,7-8H2,1H3/t10-;9-/m00/s1. The Balaban J connectivity index is 0.000000273. The van der Waals surface area contributed by atoms with Crippen molar-refractivity contribution in [1.29, 1.82) is 0 Å². The fraction of sp³-hybridized carbons (Fsp3) is 0.429. The zero-order valence-corrected chi connectivity index (χ0v) is 16.7. The molecule has 0 heterocycles. The summed E-state index contributed by atoms with van der Waals surface area (Å²) in [6.45, 7) is 4.54. The highest BCUT2D eigenvalue weighted by atomic mass is 32.2. The van der Waals surface area contributed by atoms with Gasteiger partial charge in [-0.05, 0) is 35.8 Å². The molecule has 0 unspecified atom stereocenters. The first kappa shape index (κ1) is 22.4. The summed E-state index contributed by atoms with van der Waals surface area (Å²) in [6.07, 6.45) is 2.87. The molecule has 0 amide bonds. The van der Waals surface area contributed by atoms with E-state index in [1.165, 1.54) is 11.1 Å². The van der Waals surface area contributed by atoms with E-state index in [-0.39, 0.29) is 19.1 Å². The van der Waals surface area contributed by atoms with Crippen LogP contribution in [0.1, 0.15) is 25.0 Å². The second kappa shape index (κ2) is 11.8. The molecule has 0 saturated carbocycles. The van der Waals surface area contributed by atoms with Gasteiger partial charge in [-0.15, -0.1) is 0 Å². The van der Waals surface area contributed by atoms with Crippen LogP contribution in [-0.4, -0.2) is 33.0 Å². The van der Waals surface area contributed by atoms with Crippen molar-refractivity contribution in [2.45, 2.75) is 26.7 Å². The molecule has 0 saturated heterocycles. The van der Waals surface area contributed by atoms with Crippen molar-refractivity contribution in [2.75, 3.05) is 19.5 Å². The minimum absolute atomic E-state index is 0.196. The van der Waals surface area contributed by atoms with Gasteiger partial charge in [-0.2, -0.15) is 8.42 Å². The normalized spacial score (nSPS) is 13.4. The summed E-state index contributed by atoms with van der Waals surface area (Å²) >= 11 is 0. The predicted octanol–water partition coefficient (Wildman–Crippen LogP) is 3.70. The Labute approximate surface area is 158 Å². The van der Waals surface area contributed by atoms with Crippen molar-refractivity contribution in [2.24, 2.45) is 11.8 Å². The second-order valence-electron chi connectivity index (χ2n) is 6.76. The predicted molar refractivity (Wildman–Crippen MR) is 107 cm³/mol. The lowest BCUT2D eigenvalue weighted by Gasteiger charge is -2.10. The SMILES string of the molecule is C[C@H](CO)Cc1ccccc1.C[C@H](COS(C)(=O)=O)Cc1ccccc1. The topological polar surface area (TPSA) is 63.6 Å². The van der Waals surface area contributed by atoms with E-state index in [1.54, 1.807) is 0 Å². The summed E-state index contributed by atoms with van der Waals surface area (Å²) in [6, 6.07) is 20.2. The van der Waals surface area contributed by atoms with Crippen LogP contribution in [0, 0.1) is 11.8 Å². The molecule has 0 aliphatic heterocycles. The number of hydrogen-bond acceptors (Lipinski definition) is 4. The van der Waals surface area contributed by atoms with Gasteiger partial charge < -0.3 is 5.11 Å². The fourth-order valence-electron chi connectivity index (χ4n) is 2.40. The van der Waals surface area contributed by atoms with Crippen molar-refractivity contribution in [3.8, 4) is 0 Å². The Morgan fingerprint density at radius 3 is 1.65 bits per heavy atom. The molecule has 4 nitrogen and oxygen atoms in total. The van der Waals surface area contributed by atoms with Gasteiger partial charge in [0.2, 0.25) is 0 Å². The lowest BCUT2D eigenvalue weighted by Crippen LogP contribution is -2.12. The van der Waals surface area contributed by atoms with Gasteiger partial charge in [-0.3, -0.25) is 4.18 Å². The van der Waals surface area contributed by atoms with Gasteiger partial charge in [0.15, 0.2) is 0 Å². The van der Waals surface area contributed by atoms with Gasteiger partial charge in [0.25, 0.3) is 10.1 Å². The summed E-state index contributed by atoms with van der Waals surface area (Å²) in [5.41, 5.74) is 2.50. The van der Waals surface area contributed by atoms with E-state index in [4.69, 9.17) is 9.29 Å². The molecule has 0 fully saturated rings. The zero-order chi connectivity index (χ0) is 19.4. The second-order valence-corrected chi connectivity index (χ2v) is 8.40. The molecule has 5 heteroatoms. The molecule has 2 aromatic rings. The van der Waals surface area contributed by atoms with E-state index in [1.807, 2.05) is 62.4 Å². The van der Waals surface area contributed by atoms with Gasteiger partial charge in [-0.1, -0.05) is 74.5 Å². The van der Waals surface area contributed by atoms with Gasteiger partial charge in [0, 0.05) is 6.61 Å². The number of aliphatic hydroxyl groups excluding tert-OH is 1. The molecule has 0 radical (unpaired) electrons. The minimum Gasteiger partial charge on any atom is -0.396 e. The van der Waals surface area contributed by atoms with Gasteiger partial charge in [-0.25, -0.2) is 0 Å². The Kier molecular flexibility index (Phi) is 10.2. The van der Waals surface area contributed by atoms with Gasteiger partial charge >= 0.3 is 0 Å². The van der Waals surface area contributed by atoms with Crippen molar-refractivity contribution in [3.05, 3.63) is 71.8 Å². The molecule has 26 heavy (non-hydrogen) atoms. The van der Waals surface area contributed by atoms with E-state index in [0.29, 0.717) is 5.92 Å². The molecule has 0 aliphatic rings. The monoisotopic (exact) mass is 378 g/mol. The number of aliphatic hydroxyl groups is 1. The number of rotatable bonds is 8. The molecule has 0 bridgehead atoms. The highest BCUT2D eigenvalue weighted by Gasteiger charge is 2.08. The maximum atomic E-state index is 10.8. The Hall–Kier alpha value is -1.69. The van der Waals surface area contributed by atoms with Crippen LogP contribution in [-0.2, 0) is 27.1 Å². The molecule has 144 valence electrons. The van der Waals surface area contributed by atoms with Crippen LogP contribution < -0.4 is 0 Å². The molecule has 2 rings (SSSR count). The van der Waals surface area contributed by atoms with Crippen LogP contribution in [0.15, 0.2) is 60.7 Å². The highest BCUT2D eigenvalue weighted by molar-refractivity contribution is 7.85. The maximum Gasteiger partial charge on any atom is 0.264 e. The first-order valence-corrected chi connectivity index (χ1v) is 10.6. The van der Waals surface area contributed by atoms with E-state index < -0.39 is 10.1 Å². The molecule has 2 aromatic carbocycles. The van der Waals surface area contributed by atoms with Crippen LogP contribution in [0.2, 0.25) is 0 Å². The summed E-state index contributed by atoms with van der Waals surface area (Å²) in [5.74, 6) is 0.569. The average Bonchev–Trinajstić information content (AvgIpc) is 2.62. The van der Waals surface area contributed by atoms with Crippen LogP contribution >= 0.6 is 0 Å². The third-order valence-corrected chi connectivity index (χ3v) is 4.30. The van der Waals surface area contributed by atoms with E-state index in [9.17, 15) is 8.42 Å². The van der Waals surface area contributed by atoms with E-state index in [2.05, 4.69) is 12.1 Å². The first-order chi connectivity index (χ1) is 12.3. The van der Waals surface area contributed by atoms with Crippen molar-refractivity contribution in [3.63, 3.8) is 0 Å². The van der Waals surface area contributed by atoms with Gasteiger partial charge in [0.05, 0.1) is 12.9 Å². The molecule has 2 atom stereocenters. The first-order valence-electron chi connectivity index (χ1n) is 8.83. The van der Waals surface area contributed by atoms with Crippen LogP contribution in [0.5, 0.6) is 0 Å². The summed E-state index contributed by atoms with van der Waals surface area (Å²) in [4.78, 5) is 0. The van der Waals surface area contributed by atoms with Crippen molar-refractivity contribution >= 4 is 10.1 Å². The largest absolute Gasteiger partial charge is 0.396 e. The van der Waals surface area contributed by atoms with E-state index >= 15 is 0 Å². The molecular formula is C21H30O4S. The van der Waals surface area contributed by atoms with Crippen molar-refractivity contribution in [1.82, 2.24) is 0 Å². The zero-order valence-electron chi connectivity index (χ0n) is 15.8. The molecule has 0 aromatic heterocycles. The molecule has 0 spiro atoms. The third-order valence-electron chi connectivity index (χ3n) is 3.73. The van der Waals surface area contributed by atoms with Crippen LogP contribution in [0.3, 0.4) is 0 Å². The maximum absolute atomic E-state index is 10.8.